The van der Waals surface area contributed by atoms with Crippen molar-refractivity contribution >= 4 is 12.9 Å². The normalized spacial score (nSPS) is 18.6. The van der Waals surface area contributed by atoms with Gasteiger partial charge in [-0.1, -0.05) is 36.0 Å². The molecular weight excluding hydrogens is 211 g/mol. The van der Waals surface area contributed by atoms with Crippen LogP contribution in [-0.2, 0) is 0 Å². The van der Waals surface area contributed by atoms with Crippen LogP contribution >= 0.6 is 0 Å². The average Bonchev–Trinajstić information content (AvgIpc) is 2.86. The quantitative estimate of drug-likeness (QED) is 0.588. The molecule has 0 bridgehead atoms. The Morgan fingerprint density at radius 3 is 2.88 bits per heavy atom. The summed E-state index contributed by atoms with van der Waals surface area (Å²) in [5, 5.41) is 4.05. The van der Waals surface area contributed by atoms with Crippen molar-refractivity contribution in [3.63, 3.8) is 0 Å². The zero-order valence-electron chi connectivity index (χ0n) is 10.5. The summed E-state index contributed by atoms with van der Waals surface area (Å²) in [4.78, 5) is 4.49. The van der Waals surface area contributed by atoms with E-state index in [4.69, 9.17) is 4.52 Å². The second-order valence-electron chi connectivity index (χ2n) is 4.47. The first-order valence-corrected chi connectivity index (χ1v) is 6.26. The molecule has 2 rings (SSSR count). The van der Waals surface area contributed by atoms with Gasteiger partial charge >= 0.3 is 0 Å². The molecule has 2 heterocycles. The van der Waals surface area contributed by atoms with E-state index < -0.39 is 0 Å². The zero-order valence-corrected chi connectivity index (χ0v) is 10.5. The van der Waals surface area contributed by atoms with Gasteiger partial charge in [0.15, 0.2) is 5.82 Å². The third-order valence-electron chi connectivity index (χ3n) is 3.12. The Morgan fingerprint density at radius 2 is 2.18 bits per heavy atom. The van der Waals surface area contributed by atoms with Crippen LogP contribution in [0.4, 0.5) is 0 Å². The Hall–Kier alpha value is -1.32. The average molecular weight is 229 g/mol. The van der Waals surface area contributed by atoms with Crippen LogP contribution in [0.3, 0.4) is 0 Å². The van der Waals surface area contributed by atoms with Crippen LogP contribution in [0.5, 0.6) is 0 Å². The van der Waals surface area contributed by atoms with E-state index >= 15 is 0 Å². The van der Waals surface area contributed by atoms with Crippen LogP contribution in [0, 0.1) is 0 Å². The van der Waals surface area contributed by atoms with Crippen molar-refractivity contribution in [1.29, 1.82) is 0 Å². The predicted octanol–water partition coefficient (Wildman–Crippen LogP) is 3.47. The third kappa shape index (κ3) is 3.08. The lowest BCUT2D eigenvalue weighted by Crippen LogP contribution is -2.08. The Morgan fingerprint density at radius 1 is 1.41 bits per heavy atom. The van der Waals surface area contributed by atoms with E-state index in [-0.39, 0.29) is 0 Å². The molecule has 3 nitrogen and oxygen atoms in total. The van der Waals surface area contributed by atoms with Crippen molar-refractivity contribution in [2.75, 3.05) is 0 Å². The van der Waals surface area contributed by atoms with Crippen LogP contribution in [0.2, 0.25) is 12.6 Å². The van der Waals surface area contributed by atoms with E-state index in [0.717, 1.165) is 36.9 Å². The summed E-state index contributed by atoms with van der Waals surface area (Å²) in [6.45, 7) is 3.99. The molecule has 17 heavy (non-hydrogen) atoms. The van der Waals surface area contributed by atoms with Gasteiger partial charge in [0.05, 0.1) is 0 Å². The summed E-state index contributed by atoms with van der Waals surface area (Å²) < 4.78 is 5.37. The lowest BCUT2D eigenvalue weighted by molar-refractivity contribution is 0.342. The minimum atomic E-state index is 0.454. The summed E-state index contributed by atoms with van der Waals surface area (Å²) in [7, 11) is 2.34. The molecule has 1 saturated heterocycles. The molecule has 0 amide bonds. The summed E-state index contributed by atoms with van der Waals surface area (Å²) in [6, 6.07) is 0. The van der Waals surface area contributed by atoms with Crippen LogP contribution in [0.25, 0.3) is 5.57 Å². The van der Waals surface area contributed by atoms with Gasteiger partial charge in [-0.05, 0) is 32.3 Å². The van der Waals surface area contributed by atoms with Crippen LogP contribution in [0.1, 0.15) is 44.3 Å². The van der Waals surface area contributed by atoms with Gasteiger partial charge in [-0.2, -0.15) is 4.98 Å². The number of nitrogens with zero attached hydrogens (tertiary/aromatic N) is 2. The number of hydrogen-bond acceptors (Lipinski definition) is 3. The summed E-state index contributed by atoms with van der Waals surface area (Å²) in [5.41, 5.74) is 1.04. The predicted molar refractivity (Wildman–Crippen MR) is 70.1 cm³/mol. The Balaban J connectivity index is 2.09. The highest BCUT2D eigenvalue weighted by Gasteiger charge is 2.21. The second-order valence-corrected chi connectivity index (χ2v) is 4.47. The minimum absolute atomic E-state index is 0.454. The molecule has 0 spiro atoms. The van der Waals surface area contributed by atoms with Gasteiger partial charge in [0, 0.05) is 5.92 Å². The molecular formula is C13H18BN2O. The molecule has 1 aliphatic heterocycles. The van der Waals surface area contributed by atoms with Crippen molar-refractivity contribution in [2.45, 2.75) is 45.2 Å². The van der Waals surface area contributed by atoms with Gasteiger partial charge in [-0.15, -0.1) is 0 Å². The number of allylic oxidation sites excluding steroid dienone is 4. The van der Waals surface area contributed by atoms with Gasteiger partial charge in [0.25, 0.3) is 0 Å². The first kappa shape index (κ1) is 12.2. The van der Waals surface area contributed by atoms with E-state index in [9.17, 15) is 0 Å². The van der Waals surface area contributed by atoms with Gasteiger partial charge in [0.1, 0.15) is 7.28 Å². The molecule has 0 saturated carbocycles. The van der Waals surface area contributed by atoms with E-state index in [0.29, 0.717) is 11.7 Å². The fourth-order valence-corrected chi connectivity index (χ4v) is 2.05. The van der Waals surface area contributed by atoms with Crippen molar-refractivity contribution in [2.24, 2.45) is 0 Å². The molecule has 4 heteroatoms. The molecule has 1 aromatic heterocycles. The lowest BCUT2D eigenvalue weighted by atomic mass is 9.61. The van der Waals surface area contributed by atoms with Gasteiger partial charge in [-0.3, -0.25) is 0 Å². The highest BCUT2D eigenvalue weighted by molar-refractivity contribution is 6.35. The Labute approximate surface area is 103 Å². The van der Waals surface area contributed by atoms with E-state index in [2.05, 4.69) is 17.4 Å². The maximum Gasteiger partial charge on any atom is 0.230 e. The molecule has 0 N–H and O–H groups in total. The Kier molecular flexibility index (Phi) is 4.18. The lowest BCUT2D eigenvalue weighted by Gasteiger charge is -2.16. The highest BCUT2D eigenvalue weighted by Crippen LogP contribution is 2.30. The fraction of sp³-hybridized carbons (Fsp3) is 0.538. The molecule has 1 aromatic rings. The molecule has 0 unspecified atom stereocenters. The minimum Gasteiger partial charge on any atom is -0.339 e. The van der Waals surface area contributed by atoms with Crippen molar-refractivity contribution in [3.8, 4) is 0 Å². The smallest absolute Gasteiger partial charge is 0.230 e. The Bertz CT molecular complexity index is 417. The maximum absolute atomic E-state index is 5.37. The largest absolute Gasteiger partial charge is 0.339 e. The summed E-state index contributed by atoms with van der Waals surface area (Å²) >= 11 is 0. The molecule has 0 aromatic carbocycles. The standard InChI is InChI=1S/C13H18BN2O/c1-3-4-5-10(2)12-15-13(17-16-12)11-6-8-14-9-7-11/h3-5,11H,6-9H2,1-2H3/b4-3-,10-5+. The van der Waals surface area contributed by atoms with Crippen LogP contribution < -0.4 is 0 Å². The fourth-order valence-electron chi connectivity index (χ4n) is 2.05. The number of rotatable bonds is 3. The zero-order chi connectivity index (χ0) is 12.1. The van der Waals surface area contributed by atoms with Gasteiger partial charge < -0.3 is 4.52 Å². The maximum atomic E-state index is 5.37. The van der Waals surface area contributed by atoms with E-state index in [1.807, 2.05) is 32.1 Å². The van der Waals surface area contributed by atoms with Crippen LogP contribution in [0.15, 0.2) is 22.8 Å². The second kappa shape index (κ2) is 5.85. The van der Waals surface area contributed by atoms with E-state index in [1.54, 1.807) is 0 Å². The molecule has 89 valence electrons. The molecule has 1 fully saturated rings. The van der Waals surface area contributed by atoms with E-state index in [1.165, 1.54) is 0 Å². The van der Waals surface area contributed by atoms with Gasteiger partial charge in [-0.25, -0.2) is 0 Å². The first-order chi connectivity index (χ1) is 8.31. The molecule has 0 atom stereocenters. The number of aromatic nitrogens is 2. The molecule has 1 radical (unpaired) electrons. The monoisotopic (exact) mass is 229 g/mol. The topological polar surface area (TPSA) is 38.9 Å². The summed E-state index contributed by atoms with van der Waals surface area (Å²) in [6.07, 6.45) is 10.6. The number of hydrogen-bond donors (Lipinski definition) is 0. The molecule has 0 aliphatic carbocycles. The van der Waals surface area contributed by atoms with Crippen LogP contribution in [-0.4, -0.2) is 17.4 Å². The summed E-state index contributed by atoms with van der Waals surface area (Å²) in [5.74, 6) is 1.98. The highest BCUT2D eigenvalue weighted by atomic mass is 16.5. The third-order valence-corrected chi connectivity index (χ3v) is 3.12. The first-order valence-electron chi connectivity index (χ1n) is 6.26. The van der Waals surface area contributed by atoms with Crippen molar-refractivity contribution < 1.29 is 4.52 Å². The SMILES string of the molecule is C/C=C\C=C(/C)c1noc(C2CC[B]CC2)n1. The van der Waals surface area contributed by atoms with Crippen molar-refractivity contribution in [1.82, 2.24) is 10.1 Å². The van der Waals surface area contributed by atoms with Gasteiger partial charge in [0.2, 0.25) is 5.89 Å². The molecule has 1 aliphatic rings. The van der Waals surface area contributed by atoms with Crippen molar-refractivity contribution in [3.05, 3.63) is 29.9 Å².